The summed E-state index contributed by atoms with van der Waals surface area (Å²) >= 11 is 0. The molecule has 0 atom stereocenters. The summed E-state index contributed by atoms with van der Waals surface area (Å²) in [5.74, 6) is 1.70. The zero-order valence-corrected chi connectivity index (χ0v) is 12.4. The molecule has 0 aromatic heterocycles. The number of benzene rings is 1. The highest BCUT2D eigenvalue weighted by Gasteiger charge is 2.33. The van der Waals surface area contributed by atoms with Gasteiger partial charge in [0.1, 0.15) is 0 Å². The van der Waals surface area contributed by atoms with Crippen molar-refractivity contribution in [1.82, 2.24) is 5.32 Å². The smallest absolute Gasteiger partial charge is 0.254 e. The minimum atomic E-state index is -0.912. The van der Waals surface area contributed by atoms with Crippen LogP contribution < -0.4 is 10.6 Å². The molecule has 22 heavy (non-hydrogen) atoms. The van der Waals surface area contributed by atoms with Crippen LogP contribution in [0.3, 0.4) is 0 Å². The van der Waals surface area contributed by atoms with Crippen LogP contribution >= 0.6 is 0 Å². The van der Waals surface area contributed by atoms with Crippen LogP contribution in [0.5, 0.6) is 0 Å². The molecule has 0 bridgehead atoms. The van der Waals surface area contributed by atoms with Crippen LogP contribution in [0.15, 0.2) is 24.3 Å². The second kappa shape index (κ2) is 7.10. The maximum atomic E-state index is 12.1. The summed E-state index contributed by atoms with van der Waals surface area (Å²) in [5, 5.41) is 15.5. The van der Waals surface area contributed by atoms with Gasteiger partial charge in [0.2, 0.25) is 5.91 Å². The number of para-hydroxylation sites is 1. The summed E-state index contributed by atoms with van der Waals surface area (Å²) in [4.78, 5) is 24.1. The standard InChI is InChI=1S/C17H20N2O3/c1-2-11-18-16(21)13-7-3-4-8-14(13)19-15(20)12-17(22)9-5-6-10-17/h1,3-4,7-8,22H,5-6,9-12H2,(H,18,21)(H,19,20). The summed E-state index contributed by atoms with van der Waals surface area (Å²) < 4.78 is 0. The average Bonchev–Trinajstić information content (AvgIpc) is 2.91. The molecule has 2 rings (SSSR count). The van der Waals surface area contributed by atoms with Gasteiger partial charge in [-0.1, -0.05) is 30.9 Å². The van der Waals surface area contributed by atoms with E-state index >= 15 is 0 Å². The lowest BCUT2D eigenvalue weighted by Crippen LogP contribution is -2.31. The van der Waals surface area contributed by atoms with E-state index in [4.69, 9.17) is 6.42 Å². The van der Waals surface area contributed by atoms with Crippen LogP contribution in [0.1, 0.15) is 42.5 Å². The monoisotopic (exact) mass is 300 g/mol. The largest absolute Gasteiger partial charge is 0.389 e. The number of carbonyl (C=O) groups excluding carboxylic acids is 2. The minimum Gasteiger partial charge on any atom is -0.389 e. The Morgan fingerprint density at radius 2 is 1.95 bits per heavy atom. The molecule has 0 heterocycles. The lowest BCUT2D eigenvalue weighted by atomic mass is 9.97. The number of amides is 2. The van der Waals surface area contributed by atoms with Crippen LogP contribution in [-0.2, 0) is 4.79 Å². The lowest BCUT2D eigenvalue weighted by Gasteiger charge is -2.21. The van der Waals surface area contributed by atoms with Crippen molar-refractivity contribution in [3.8, 4) is 12.3 Å². The molecular formula is C17H20N2O3. The molecule has 1 aliphatic carbocycles. The van der Waals surface area contributed by atoms with E-state index in [0.29, 0.717) is 24.1 Å². The molecule has 1 fully saturated rings. The van der Waals surface area contributed by atoms with Gasteiger partial charge in [-0.15, -0.1) is 6.42 Å². The summed E-state index contributed by atoms with van der Waals surface area (Å²) in [6.07, 6.45) is 8.33. The molecule has 2 amide bonds. The lowest BCUT2D eigenvalue weighted by molar-refractivity contribution is -0.120. The molecule has 5 heteroatoms. The third-order valence-corrected chi connectivity index (χ3v) is 3.82. The maximum absolute atomic E-state index is 12.1. The molecule has 0 saturated heterocycles. The predicted octanol–water partition coefficient (Wildman–Crippen LogP) is 1.68. The van der Waals surface area contributed by atoms with Gasteiger partial charge in [-0.2, -0.15) is 0 Å². The van der Waals surface area contributed by atoms with E-state index in [2.05, 4.69) is 16.6 Å². The average molecular weight is 300 g/mol. The van der Waals surface area contributed by atoms with Gasteiger partial charge >= 0.3 is 0 Å². The van der Waals surface area contributed by atoms with E-state index < -0.39 is 5.60 Å². The van der Waals surface area contributed by atoms with Gasteiger partial charge in [0.05, 0.1) is 29.8 Å². The first-order valence-electron chi connectivity index (χ1n) is 7.37. The van der Waals surface area contributed by atoms with E-state index in [9.17, 15) is 14.7 Å². The van der Waals surface area contributed by atoms with Crippen molar-refractivity contribution in [2.45, 2.75) is 37.7 Å². The maximum Gasteiger partial charge on any atom is 0.254 e. The Morgan fingerprint density at radius 1 is 1.27 bits per heavy atom. The quantitative estimate of drug-likeness (QED) is 0.724. The highest BCUT2D eigenvalue weighted by molar-refractivity contribution is 6.03. The number of aliphatic hydroxyl groups is 1. The van der Waals surface area contributed by atoms with Crippen molar-refractivity contribution < 1.29 is 14.7 Å². The molecule has 1 aliphatic rings. The number of carbonyl (C=O) groups is 2. The van der Waals surface area contributed by atoms with Crippen molar-refractivity contribution >= 4 is 17.5 Å². The van der Waals surface area contributed by atoms with Crippen LogP contribution in [0.2, 0.25) is 0 Å². The summed E-state index contributed by atoms with van der Waals surface area (Å²) in [5.41, 5.74) is -0.141. The molecule has 1 aromatic rings. The van der Waals surface area contributed by atoms with Crippen molar-refractivity contribution in [3.63, 3.8) is 0 Å². The summed E-state index contributed by atoms with van der Waals surface area (Å²) in [7, 11) is 0. The molecule has 0 aliphatic heterocycles. The first-order chi connectivity index (χ1) is 10.5. The molecule has 5 nitrogen and oxygen atoms in total. The van der Waals surface area contributed by atoms with Crippen molar-refractivity contribution in [2.75, 3.05) is 11.9 Å². The number of rotatable bonds is 5. The van der Waals surface area contributed by atoms with Gasteiger partial charge < -0.3 is 15.7 Å². The van der Waals surface area contributed by atoms with Crippen LogP contribution in [0.25, 0.3) is 0 Å². The minimum absolute atomic E-state index is 0.0489. The van der Waals surface area contributed by atoms with Crippen molar-refractivity contribution in [1.29, 1.82) is 0 Å². The zero-order chi connectivity index (χ0) is 16.0. The number of anilines is 1. The van der Waals surface area contributed by atoms with Crippen LogP contribution in [-0.4, -0.2) is 29.1 Å². The second-order valence-corrected chi connectivity index (χ2v) is 5.59. The topological polar surface area (TPSA) is 78.4 Å². The highest BCUT2D eigenvalue weighted by atomic mass is 16.3. The van der Waals surface area contributed by atoms with Gasteiger partial charge in [-0.3, -0.25) is 9.59 Å². The molecule has 0 spiro atoms. The predicted molar refractivity (Wildman–Crippen MR) is 84.3 cm³/mol. The fourth-order valence-electron chi connectivity index (χ4n) is 2.72. The van der Waals surface area contributed by atoms with E-state index in [1.165, 1.54) is 0 Å². The number of hydrogen-bond donors (Lipinski definition) is 3. The van der Waals surface area contributed by atoms with E-state index in [-0.39, 0.29) is 24.8 Å². The molecule has 0 radical (unpaired) electrons. The normalized spacial score (nSPS) is 15.8. The molecule has 116 valence electrons. The van der Waals surface area contributed by atoms with E-state index in [1.807, 2.05) is 0 Å². The van der Waals surface area contributed by atoms with Crippen LogP contribution in [0, 0.1) is 12.3 Å². The highest BCUT2D eigenvalue weighted by Crippen LogP contribution is 2.32. The first kappa shape index (κ1) is 16.1. The first-order valence-corrected chi connectivity index (χ1v) is 7.37. The van der Waals surface area contributed by atoms with Gasteiger partial charge in [0.15, 0.2) is 0 Å². The SMILES string of the molecule is C#CCNC(=O)c1ccccc1NC(=O)CC1(O)CCCC1. The van der Waals surface area contributed by atoms with Crippen LogP contribution in [0.4, 0.5) is 5.69 Å². The number of terminal acetylenes is 1. The number of nitrogens with one attached hydrogen (secondary N) is 2. The fourth-order valence-corrected chi connectivity index (χ4v) is 2.72. The molecule has 1 aromatic carbocycles. The van der Waals surface area contributed by atoms with Gasteiger partial charge in [-0.25, -0.2) is 0 Å². The van der Waals surface area contributed by atoms with Gasteiger partial charge in [0.25, 0.3) is 5.91 Å². The molecule has 1 saturated carbocycles. The summed E-state index contributed by atoms with van der Waals surface area (Å²) in [6, 6.07) is 6.72. The third-order valence-electron chi connectivity index (χ3n) is 3.82. The Balaban J connectivity index is 2.04. The van der Waals surface area contributed by atoms with Crippen molar-refractivity contribution in [2.24, 2.45) is 0 Å². The van der Waals surface area contributed by atoms with Gasteiger partial charge in [-0.05, 0) is 25.0 Å². The van der Waals surface area contributed by atoms with E-state index in [1.54, 1.807) is 24.3 Å². The second-order valence-electron chi connectivity index (χ2n) is 5.59. The van der Waals surface area contributed by atoms with Gasteiger partial charge in [0, 0.05) is 0 Å². The molecular weight excluding hydrogens is 280 g/mol. The fraction of sp³-hybridized carbons (Fsp3) is 0.412. The Bertz CT molecular complexity index is 598. The summed E-state index contributed by atoms with van der Waals surface area (Å²) in [6.45, 7) is 0.126. The number of hydrogen-bond acceptors (Lipinski definition) is 3. The zero-order valence-electron chi connectivity index (χ0n) is 12.4. The molecule has 0 unspecified atom stereocenters. The Kier molecular flexibility index (Phi) is 5.18. The Morgan fingerprint density at radius 3 is 2.64 bits per heavy atom. The third kappa shape index (κ3) is 4.09. The molecule has 3 N–H and O–H groups in total. The van der Waals surface area contributed by atoms with E-state index in [0.717, 1.165) is 12.8 Å². The van der Waals surface area contributed by atoms with Crippen molar-refractivity contribution in [3.05, 3.63) is 29.8 Å². The Hall–Kier alpha value is -2.32. The Labute approximate surface area is 130 Å².